The van der Waals surface area contributed by atoms with E-state index in [1.165, 1.54) is 6.07 Å². The molecule has 0 saturated carbocycles. The highest BCUT2D eigenvalue weighted by molar-refractivity contribution is 9.10. The average Bonchev–Trinajstić information content (AvgIpc) is 2.40. The Balaban J connectivity index is 2.07. The summed E-state index contributed by atoms with van der Waals surface area (Å²) >= 11 is 3.08. The number of nitrogens with two attached hydrogens (primary N) is 1. The summed E-state index contributed by atoms with van der Waals surface area (Å²) in [7, 11) is 0. The molecule has 0 amide bonds. The quantitative estimate of drug-likeness (QED) is 0.669. The van der Waals surface area contributed by atoms with Gasteiger partial charge in [0.15, 0.2) is 0 Å². The average molecular weight is 323 g/mol. The van der Waals surface area contributed by atoms with E-state index in [1.54, 1.807) is 30.3 Å². The Labute approximate surface area is 118 Å². The van der Waals surface area contributed by atoms with E-state index in [4.69, 9.17) is 15.9 Å². The third-order valence-corrected chi connectivity index (χ3v) is 3.18. The second-order valence-corrected chi connectivity index (χ2v) is 4.83. The van der Waals surface area contributed by atoms with Crippen molar-refractivity contribution in [1.82, 2.24) is 0 Å². The maximum absolute atomic E-state index is 13.3. The van der Waals surface area contributed by atoms with Gasteiger partial charge in [-0.3, -0.25) is 5.41 Å². The summed E-state index contributed by atoms with van der Waals surface area (Å²) in [5.74, 6) is 0.0976. The van der Waals surface area contributed by atoms with E-state index in [-0.39, 0.29) is 11.7 Å². The van der Waals surface area contributed by atoms with Crippen LogP contribution in [0.5, 0.6) is 5.75 Å². The lowest BCUT2D eigenvalue weighted by Crippen LogP contribution is -2.11. The molecule has 0 aliphatic heterocycles. The van der Waals surface area contributed by atoms with Crippen molar-refractivity contribution in [2.75, 3.05) is 0 Å². The van der Waals surface area contributed by atoms with Crippen LogP contribution in [-0.4, -0.2) is 5.84 Å². The van der Waals surface area contributed by atoms with Crippen molar-refractivity contribution in [1.29, 1.82) is 5.41 Å². The van der Waals surface area contributed by atoms with Crippen LogP contribution in [0.1, 0.15) is 11.1 Å². The summed E-state index contributed by atoms with van der Waals surface area (Å²) in [6, 6.07) is 11.8. The molecule has 2 aromatic carbocycles. The Kier molecular flexibility index (Phi) is 4.16. The SMILES string of the molecule is N=C(N)c1cccc(COc2ccc(Br)c(F)c2)c1. The van der Waals surface area contributed by atoms with E-state index in [0.29, 0.717) is 22.4 Å². The smallest absolute Gasteiger partial charge is 0.141 e. The highest BCUT2D eigenvalue weighted by Gasteiger charge is 2.03. The van der Waals surface area contributed by atoms with Crippen molar-refractivity contribution in [2.24, 2.45) is 5.73 Å². The monoisotopic (exact) mass is 322 g/mol. The maximum atomic E-state index is 13.3. The van der Waals surface area contributed by atoms with Crippen LogP contribution in [0.25, 0.3) is 0 Å². The van der Waals surface area contributed by atoms with E-state index >= 15 is 0 Å². The van der Waals surface area contributed by atoms with Gasteiger partial charge in [-0.1, -0.05) is 18.2 Å². The largest absolute Gasteiger partial charge is 0.489 e. The number of rotatable bonds is 4. The lowest BCUT2D eigenvalue weighted by Gasteiger charge is -2.08. The van der Waals surface area contributed by atoms with E-state index in [2.05, 4.69) is 15.9 Å². The lowest BCUT2D eigenvalue weighted by molar-refractivity contribution is 0.304. The molecular weight excluding hydrogens is 311 g/mol. The van der Waals surface area contributed by atoms with Gasteiger partial charge in [0, 0.05) is 11.6 Å². The fourth-order valence-electron chi connectivity index (χ4n) is 1.56. The Hall–Kier alpha value is -1.88. The van der Waals surface area contributed by atoms with Crippen molar-refractivity contribution in [3.8, 4) is 5.75 Å². The third-order valence-electron chi connectivity index (χ3n) is 2.53. The highest BCUT2D eigenvalue weighted by Crippen LogP contribution is 2.21. The van der Waals surface area contributed by atoms with Gasteiger partial charge in [0.05, 0.1) is 4.47 Å². The van der Waals surface area contributed by atoms with Crippen LogP contribution < -0.4 is 10.5 Å². The van der Waals surface area contributed by atoms with Crippen molar-refractivity contribution in [3.05, 3.63) is 63.9 Å². The van der Waals surface area contributed by atoms with Gasteiger partial charge < -0.3 is 10.5 Å². The normalized spacial score (nSPS) is 10.2. The van der Waals surface area contributed by atoms with Gasteiger partial charge in [-0.2, -0.15) is 0 Å². The minimum atomic E-state index is -0.366. The Morgan fingerprint density at radius 3 is 2.74 bits per heavy atom. The zero-order valence-corrected chi connectivity index (χ0v) is 11.6. The van der Waals surface area contributed by atoms with Crippen molar-refractivity contribution in [2.45, 2.75) is 6.61 Å². The van der Waals surface area contributed by atoms with Crippen LogP contribution in [0.3, 0.4) is 0 Å². The van der Waals surface area contributed by atoms with Crippen molar-refractivity contribution >= 4 is 21.8 Å². The number of hydrogen-bond acceptors (Lipinski definition) is 2. The standard InChI is InChI=1S/C14H12BrFN2O/c15-12-5-4-11(7-13(12)16)19-8-9-2-1-3-10(6-9)14(17)18/h1-7H,8H2,(H3,17,18). The van der Waals surface area contributed by atoms with Gasteiger partial charge in [0.25, 0.3) is 0 Å². The van der Waals surface area contributed by atoms with Gasteiger partial charge in [-0.15, -0.1) is 0 Å². The zero-order valence-electron chi connectivity index (χ0n) is 9.99. The first-order valence-corrected chi connectivity index (χ1v) is 6.37. The molecule has 2 rings (SSSR count). The number of amidine groups is 1. The van der Waals surface area contributed by atoms with Crippen LogP contribution in [0.4, 0.5) is 4.39 Å². The molecule has 0 aromatic heterocycles. The number of halogens is 2. The van der Waals surface area contributed by atoms with Crippen LogP contribution in [-0.2, 0) is 6.61 Å². The number of benzene rings is 2. The number of hydrogen-bond donors (Lipinski definition) is 2. The van der Waals surface area contributed by atoms with Gasteiger partial charge in [0.1, 0.15) is 24.0 Å². The maximum Gasteiger partial charge on any atom is 0.141 e. The summed E-state index contributed by atoms with van der Waals surface area (Å²) in [5, 5.41) is 7.36. The van der Waals surface area contributed by atoms with Crippen LogP contribution in [0.2, 0.25) is 0 Å². The highest BCUT2D eigenvalue weighted by atomic mass is 79.9. The van der Waals surface area contributed by atoms with E-state index in [9.17, 15) is 4.39 Å². The van der Waals surface area contributed by atoms with Crippen LogP contribution >= 0.6 is 15.9 Å². The predicted octanol–water partition coefficient (Wildman–Crippen LogP) is 3.45. The van der Waals surface area contributed by atoms with Crippen LogP contribution in [0.15, 0.2) is 46.9 Å². The van der Waals surface area contributed by atoms with E-state index in [1.807, 2.05) is 6.07 Å². The first-order chi connectivity index (χ1) is 9.06. The summed E-state index contributed by atoms with van der Waals surface area (Å²) in [5.41, 5.74) is 6.93. The molecule has 19 heavy (non-hydrogen) atoms. The van der Waals surface area contributed by atoms with Gasteiger partial charge in [-0.25, -0.2) is 4.39 Å². The summed E-state index contributed by atoms with van der Waals surface area (Å²) < 4.78 is 19.2. The molecule has 0 unspecified atom stereocenters. The molecule has 0 fully saturated rings. The minimum absolute atomic E-state index is 0.0107. The molecule has 0 bridgehead atoms. The zero-order chi connectivity index (χ0) is 13.8. The summed E-state index contributed by atoms with van der Waals surface area (Å²) in [6.45, 7) is 0.294. The van der Waals surface area contributed by atoms with E-state index < -0.39 is 0 Å². The molecule has 3 nitrogen and oxygen atoms in total. The van der Waals surface area contributed by atoms with E-state index in [0.717, 1.165) is 5.56 Å². The lowest BCUT2D eigenvalue weighted by atomic mass is 10.1. The summed E-state index contributed by atoms with van der Waals surface area (Å²) in [6.07, 6.45) is 0. The van der Waals surface area contributed by atoms with Crippen molar-refractivity contribution in [3.63, 3.8) is 0 Å². The van der Waals surface area contributed by atoms with Crippen molar-refractivity contribution < 1.29 is 9.13 Å². The van der Waals surface area contributed by atoms with Gasteiger partial charge in [0.2, 0.25) is 0 Å². The van der Waals surface area contributed by atoms with Crippen LogP contribution in [0, 0.1) is 11.2 Å². The minimum Gasteiger partial charge on any atom is -0.489 e. The number of ether oxygens (including phenoxy) is 1. The number of nitrogen functional groups attached to an aromatic ring is 1. The first kappa shape index (κ1) is 13.5. The molecule has 3 N–H and O–H groups in total. The summed E-state index contributed by atoms with van der Waals surface area (Å²) in [4.78, 5) is 0. The van der Waals surface area contributed by atoms with Gasteiger partial charge in [-0.05, 0) is 39.7 Å². The topological polar surface area (TPSA) is 59.1 Å². The molecule has 0 heterocycles. The predicted molar refractivity (Wildman–Crippen MR) is 75.9 cm³/mol. The molecule has 0 saturated heterocycles. The molecule has 0 atom stereocenters. The Bertz CT molecular complexity index is 616. The fraction of sp³-hybridized carbons (Fsp3) is 0.0714. The Morgan fingerprint density at radius 1 is 1.26 bits per heavy atom. The molecule has 2 aromatic rings. The first-order valence-electron chi connectivity index (χ1n) is 5.57. The molecule has 0 aliphatic carbocycles. The molecule has 0 aliphatic rings. The molecular formula is C14H12BrFN2O. The molecule has 0 radical (unpaired) electrons. The fourth-order valence-corrected chi connectivity index (χ4v) is 1.81. The Morgan fingerprint density at radius 2 is 2.05 bits per heavy atom. The third kappa shape index (κ3) is 3.54. The molecule has 5 heteroatoms. The second kappa shape index (κ2) is 5.84. The molecule has 98 valence electrons. The number of nitrogens with one attached hydrogen (secondary N) is 1. The van der Waals surface area contributed by atoms with Gasteiger partial charge >= 0.3 is 0 Å². The second-order valence-electron chi connectivity index (χ2n) is 3.98. The molecule has 0 spiro atoms.